The minimum absolute atomic E-state index is 0.292. The van der Waals surface area contributed by atoms with E-state index in [1.165, 1.54) is 0 Å². The first kappa shape index (κ1) is 13.1. The van der Waals surface area contributed by atoms with Crippen LogP contribution in [0.1, 0.15) is 39.5 Å². The molecular formula is C8H18O3. The molecule has 0 spiro atoms. The van der Waals surface area contributed by atoms with Crippen LogP contribution in [0.25, 0.3) is 0 Å². The second-order valence-corrected chi connectivity index (χ2v) is 2.22. The molecule has 0 radical (unpaired) electrons. The minimum Gasteiger partial charge on any atom is -0.481 e. The Morgan fingerprint density at radius 1 is 1.27 bits per heavy atom. The van der Waals surface area contributed by atoms with E-state index in [0.717, 1.165) is 19.3 Å². The van der Waals surface area contributed by atoms with E-state index in [-0.39, 0.29) is 0 Å². The van der Waals surface area contributed by atoms with E-state index in [0.29, 0.717) is 13.0 Å². The Morgan fingerprint density at radius 2 is 1.82 bits per heavy atom. The lowest BCUT2D eigenvalue weighted by Gasteiger charge is -1.79. The zero-order chi connectivity index (χ0) is 9.11. The number of aliphatic hydroxyl groups excluding tert-OH is 1. The number of aliphatic carboxylic acids is 1. The van der Waals surface area contributed by atoms with E-state index in [1.54, 1.807) is 0 Å². The van der Waals surface area contributed by atoms with Gasteiger partial charge in [-0.3, -0.25) is 4.79 Å². The van der Waals surface area contributed by atoms with Crippen molar-refractivity contribution < 1.29 is 15.0 Å². The van der Waals surface area contributed by atoms with Crippen LogP contribution in [0.15, 0.2) is 0 Å². The summed E-state index contributed by atoms with van der Waals surface area (Å²) in [5.41, 5.74) is 0. The number of unbranched alkanes of at least 4 members (excludes halogenated alkanes) is 1. The topological polar surface area (TPSA) is 57.5 Å². The third kappa shape index (κ3) is 26.5. The molecule has 0 bridgehead atoms. The quantitative estimate of drug-likeness (QED) is 0.660. The summed E-state index contributed by atoms with van der Waals surface area (Å²) < 4.78 is 0. The monoisotopic (exact) mass is 162 g/mol. The van der Waals surface area contributed by atoms with E-state index in [9.17, 15) is 4.79 Å². The summed E-state index contributed by atoms with van der Waals surface area (Å²) in [4.78, 5) is 9.60. The molecule has 0 aliphatic carbocycles. The average molecular weight is 162 g/mol. The number of aliphatic hydroxyl groups is 1. The Balaban J connectivity index is 0. The van der Waals surface area contributed by atoms with Gasteiger partial charge in [-0.05, 0) is 12.8 Å². The predicted octanol–water partition coefficient (Wildman–Crippen LogP) is 1.65. The van der Waals surface area contributed by atoms with Crippen LogP contribution in [0.3, 0.4) is 0 Å². The molecule has 68 valence electrons. The summed E-state index contributed by atoms with van der Waals surface area (Å²) in [6.45, 7) is 4.24. The van der Waals surface area contributed by atoms with Crippen molar-refractivity contribution in [1.82, 2.24) is 0 Å². The summed E-state index contributed by atoms with van der Waals surface area (Å²) >= 11 is 0. The highest BCUT2D eigenvalue weighted by molar-refractivity contribution is 5.66. The Kier molecular flexibility index (Phi) is 14.4. The standard InChI is InChI=1S/C4H8O2.C4H10O/c1-2-3-4(5)6;1-2-3-4-5/h2-3H2,1H3,(H,5,6);5H,2-4H2,1H3. The van der Waals surface area contributed by atoms with Crippen molar-refractivity contribution in [2.75, 3.05) is 6.61 Å². The van der Waals surface area contributed by atoms with Gasteiger partial charge < -0.3 is 10.2 Å². The highest BCUT2D eigenvalue weighted by Gasteiger charge is 1.87. The molecule has 3 heteroatoms. The number of hydrogen-bond acceptors (Lipinski definition) is 2. The molecule has 0 heterocycles. The fourth-order valence-corrected chi connectivity index (χ4v) is 0.372. The maximum atomic E-state index is 9.60. The van der Waals surface area contributed by atoms with Crippen LogP contribution in [0.4, 0.5) is 0 Å². The fraction of sp³-hybridized carbons (Fsp3) is 0.875. The van der Waals surface area contributed by atoms with E-state index in [2.05, 4.69) is 6.92 Å². The molecule has 0 atom stereocenters. The van der Waals surface area contributed by atoms with Gasteiger partial charge in [0.05, 0.1) is 0 Å². The maximum Gasteiger partial charge on any atom is 0.303 e. The molecular weight excluding hydrogens is 144 g/mol. The van der Waals surface area contributed by atoms with Gasteiger partial charge in [0, 0.05) is 13.0 Å². The van der Waals surface area contributed by atoms with Crippen molar-refractivity contribution in [3.63, 3.8) is 0 Å². The fourth-order valence-electron chi connectivity index (χ4n) is 0.372. The normalized spacial score (nSPS) is 8.27. The Morgan fingerprint density at radius 3 is 1.82 bits per heavy atom. The largest absolute Gasteiger partial charge is 0.481 e. The molecule has 0 aliphatic heterocycles. The molecule has 0 aliphatic rings. The lowest BCUT2D eigenvalue weighted by atomic mass is 10.4. The van der Waals surface area contributed by atoms with Gasteiger partial charge in [-0.15, -0.1) is 0 Å². The average Bonchev–Trinajstić information content (AvgIpc) is 1.90. The zero-order valence-corrected chi connectivity index (χ0v) is 7.34. The van der Waals surface area contributed by atoms with Crippen LogP contribution >= 0.6 is 0 Å². The smallest absolute Gasteiger partial charge is 0.303 e. The van der Waals surface area contributed by atoms with E-state index in [1.807, 2.05) is 6.92 Å². The van der Waals surface area contributed by atoms with Gasteiger partial charge in [-0.2, -0.15) is 0 Å². The number of rotatable bonds is 4. The lowest BCUT2D eigenvalue weighted by Crippen LogP contribution is -1.90. The Hall–Kier alpha value is -0.570. The van der Waals surface area contributed by atoms with Crippen LogP contribution in [0.2, 0.25) is 0 Å². The van der Waals surface area contributed by atoms with Crippen LogP contribution in [-0.2, 0) is 4.79 Å². The molecule has 0 amide bonds. The van der Waals surface area contributed by atoms with Crippen molar-refractivity contribution >= 4 is 5.97 Å². The van der Waals surface area contributed by atoms with Gasteiger partial charge in [0.1, 0.15) is 0 Å². The van der Waals surface area contributed by atoms with Gasteiger partial charge in [-0.1, -0.05) is 20.3 Å². The Bertz CT molecular complexity index is 79.4. The van der Waals surface area contributed by atoms with Gasteiger partial charge in [0.2, 0.25) is 0 Å². The molecule has 0 aromatic heterocycles. The minimum atomic E-state index is -0.711. The summed E-state index contributed by atoms with van der Waals surface area (Å²) in [6, 6.07) is 0. The molecule has 0 aromatic carbocycles. The van der Waals surface area contributed by atoms with Crippen molar-refractivity contribution in [2.24, 2.45) is 0 Å². The van der Waals surface area contributed by atoms with Crippen molar-refractivity contribution in [3.05, 3.63) is 0 Å². The zero-order valence-electron chi connectivity index (χ0n) is 7.34. The van der Waals surface area contributed by atoms with E-state index < -0.39 is 5.97 Å². The number of carbonyl (C=O) groups is 1. The summed E-state index contributed by atoms with van der Waals surface area (Å²) in [5, 5.41) is 16.0. The second kappa shape index (κ2) is 12.1. The van der Waals surface area contributed by atoms with Crippen LogP contribution in [0.5, 0.6) is 0 Å². The van der Waals surface area contributed by atoms with Crippen molar-refractivity contribution in [1.29, 1.82) is 0 Å². The van der Waals surface area contributed by atoms with Crippen LogP contribution in [0, 0.1) is 0 Å². The second-order valence-electron chi connectivity index (χ2n) is 2.22. The number of hydrogen-bond donors (Lipinski definition) is 2. The van der Waals surface area contributed by atoms with Gasteiger partial charge in [0.25, 0.3) is 0 Å². The first-order valence-electron chi connectivity index (χ1n) is 4.01. The van der Waals surface area contributed by atoms with Gasteiger partial charge >= 0.3 is 5.97 Å². The highest BCUT2D eigenvalue weighted by Crippen LogP contribution is 1.82. The van der Waals surface area contributed by atoms with E-state index >= 15 is 0 Å². The highest BCUT2D eigenvalue weighted by atomic mass is 16.4. The van der Waals surface area contributed by atoms with Crippen molar-refractivity contribution in [3.8, 4) is 0 Å². The first-order valence-corrected chi connectivity index (χ1v) is 4.01. The maximum absolute atomic E-state index is 9.60. The molecule has 0 unspecified atom stereocenters. The lowest BCUT2D eigenvalue weighted by molar-refractivity contribution is -0.137. The first-order chi connectivity index (χ1) is 5.18. The molecule has 0 fully saturated rings. The summed E-state index contributed by atoms with van der Waals surface area (Å²) in [7, 11) is 0. The number of carboxylic acid groups (broad SMARTS) is 1. The summed E-state index contributed by atoms with van der Waals surface area (Å²) in [5.74, 6) is -0.711. The van der Waals surface area contributed by atoms with Crippen molar-refractivity contribution in [2.45, 2.75) is 39.5 Å². The van der Waals surface area contributed by atoms with Crippen LogP contribution in [-0.4, -0.2) is 22.8 Å². The Labute approximate surface area is 68.0 Å². The molecule has 0 rings (SSSR count). The third-order valence-electron chi connectivity index (χ3n) is 0.976. The third-order valence-corrected chi connectivity index (χ3v) is 0.976. The molecule has 0 saturated carbocycles. The summed E-state index contributed by atoms with van der Waals surface area (Å²) in [6.07, 6.45) is 3.06. The molecule has 3 nitrogen and oxygen atoms in total. The van der Waals surface area contributed by atoms with Crippen LogP contribution < -0.4 is 0 Å². The number of carboxylic acids is 1. The molecule has 11 heavy (non-hydrogen) atoms. The van der Waals surface area contributed by atoms with Gasteiger partial charge in [0.15, 0.2) is 0 Å². The predicted molar refractivity (Wildman–Crippen MR) is 44.5 cm³/mol. The van der Waals surface area contributed by atoms with E-state index in [4.69, 9.17) is 10.2 Å². The molecule has 0 aromatic rings. The molecule has 2 N–H and O–H groups in total. The SMILES string of the molecule is CCCC(=O)O.CCCCO. The molecule has 0 saturated heterocycles. The van der Waals surface area contributed by atoms with Gasteiger partial charge in [-0.25, -0.2) is 0 Å².